The minimum absolute atomic E-state index is 0.0868. The standard InChI is InChI=1S/C28H24N2O6/c1-28-12-16-20(17(29-28)11-19(28)30-36-13-14-7-4-3-5-8-14)26(33)23-22(25(16)32)24(31)15-9-6-10-18(35-2)21(15)27(23)34/h3-10,17,29,32-33H,11-13H2,1-2H3. The number of hydrogen-bond acceptors (Lipinski definition) is 8. The van der Waals surface area contributed by atoms with E-state index in [-0.39, 0.29) is 45.9 Å². The fourth-order valence-corrected chi connectivity index (χ4v) is 5.69. The predicted octanol–water partition coefficient (Wildman–Crippen LogP) is 3.80. The number of nitrogens with one attached hydrogen (secondary N) is 1. The maximum atomic E-state index is 13.5. The molecule has 0 spiro atoms. The molecule has 3 N–H and O–H groups in total. The highest BCUT2D eigenvalue weighted by atomic mass is 16.6. The first-order chi connectivity index (χ1) is 17.3. The number of nitrogens with zero attached hydrogens (tertiary/aromatic N) is 1. The van der Waals surface area contributed by atoms with Crippen molar-refractivity contribution in [1.82, 2.24) is 5.32 Å². The van der Waals surface area contributed by atoms with Crippen LogP contribution < -0.4 is 10.1 Å². The summed E-state index contributed by atoms with van der Waals surface area (Å²) in [7, 11) is 1.41. The van der Waals surface area contributed by atoms with E-state index >= 15 is 0 Å². The van der Waals surface area contributed by atoms with E-state index < -0.39 is 23.1 Å². The summed E-state index contributed by atoms with van der Waals surface area (Å²) in [6.07, 6.45) is 0.692. The number of aromatic hydroxyl groups is 2. The van der Waals surface area contributed by atoms with Gasteiger partial charge in [-0.2, -0.15) is 0 Å². The molecule has 2 aliphatic heterocycles. The molecule has 1 fully saturated rings. The average Bonchev–Trinajstić information content (AvgIpc) is 3.14. The van der Waals surface area contributed by atoms with Crippen LogP contribution in [0.3, 0.4) is 0 Å². The van der Waals surface area contributed by atoms with Crippen molar-refractivity contribution in [2.45, 2.75) is 38.0 Å². The first-order valence-electron chi connectivity index (χ1n) is 11.7. The van der Waals surface area contributed by atoms with E-state index in [0.29, 0.717) is 24.2 Å². The van der Waals surface area contributed by atoms with Gasteiger partial charge in [-0.25, -0.2) is 0 Å². The number of ether oxygens (including phenoxy) is 1. The molecule has 2 unspecified atom stereocenters. The van der Waals surface area contributed by atoms with Crippen molar-refractivity contribution in [3.63, 3.8) is 0 Å². The van der Waals surface area contributed by atoms with E-state index in [2.05, 4.69) is 10.5 Å². The summed E-state index contributed by atoms with van der Waals surface area (Å²) in [6.45, 7) is 2.26. The van der Waals surface area contributed by atoms with Crippen LogP contribution in [-0.4, -0.2) is 40.1 Å². The van der Waals surface area contributed by atoms with Crippen molar-refractivity contribution in [1.29, 1.82) is 0 Å². The topological polar surface area (TPSA) is 117 Å². The highest BCUT2D eigenvalue weighted by molar-refractivity contribution is 6.31. The molecule has 3 aromatic rings. The van der Waals surface area contributed by atoms with Gasteiger partial charge >= 0.3 is 0 Å². The lowest BCUT2D eigenvalue weighted by molar-refractivity contribution is 0.0971. The lowest BCUT2D eigenvalue weighted by atomic mass is 9.77. The molecule has 0 amide bonds. The van der Waals surface area contributed by atoms with Gasteiger partial charge in [0.25, 0.3) is 0 Å². The number of oxime groups is 1. The summed E-state index contributed by atoms with van der Waals surface area (Å²) in [4.78, 5) is 32.6. The third kappa shape index (κ3) is 3.07. The predicted molar refractivity (Wildman–Crippen MR) is 131 cm³/mol. The normalized spacial score (nSPS) is 22.7. The van der Waals surface area contributed by atoms with E-state index in [4.69, 9.17) is 9.57 Å². The molecule has 182 valence electrons. The zero-order chi connectivity index (χ0) is 25.2. The van der Waals surface area contributed by atoms with E-state index in [1.807, 2.05) is 37.3 Å². The molecule has 2 bridgehead atoms. The van der Waals surface area contributed by atoms with Gasteiger partial charge in [0.2, 0.25) is 5.78 Å². The number of phenolic OH excluding ortho intramolecular Hbond substituents is 2. The first-order valence-corrected chi connectivity index (χ1v) is 11.7. The SMILES string of the molecule is COc1cccc2c1C(=O)c1c(O)c3c(c(O)c1C2=O)CC1(C)NC3CC1=NOCc1ccccc1. The highest BCUT2D eigenvalue weighted by Crippen LogP contribution is 2.52. The minimum Gasteiger partial charge on any atom is -0.507 e. The highest BCUT2D eigenvalue weighted by Gasteiger charge is 2.51. The van der Waals surface area contributed by atoms with Gasteiger partial charge in [-0.3, -0.25) is 14.9 Å². The molecule has 3 aliphatic rings. The van der Waals surface area contributed by atoms with Crippen LogP contribution in [0.4, 0.5) is 0 Å². The second-order valence-corrected chi connectivity index (χ2v) is 9.59. The van der Waals surface area contributed by atoms with E-state index in [1.54, 1.807) is 12.1 Å². The van der Waals surface area contributed by atoms with Crippen LogP contribution in [0.25, 0.3) is 0 Å². The van der Waals surface area contributed by atoms with Gasteiger partial charge in [-0.05, 0) is 25.0 Å². The summed E-state index contributed by atoms with van der Waals surface area (Å²) in [5, 5.41) is 30.5. The number of ketones is 2. The van der Waals surface area contributed by atoms with Crippen LogP contribution in [-0.2, 0) is 17.9 Å². The second-order valence-electron chi connectivity index (χ2n) is 9.59. The van der Waals surface area contributed by atoms with E-state index in [0.717, 1.165) is 11.3 Å². The van der Waals surface area contributed by atoms with Gasteiger partial charge in [-0.15, -0.1) is 0 Å². The lowest BCUT2D eigenvalue weighted by Gasteiger charge is -2.35. The van der Waals surface area contributed by atoms with E-state index in [9.17, 15) is 19.8 Å². The van der Waals surface area contributed by atoms with Crippen LogP contribution in [0.15, 0.2) is 53.7 Å². The summed E-state index contributed by atoms with van der Waals surface area (Å²) >= 11 is 0. The Morgan fingerprint density at radius 2 is 1.75 bits per heavy atom. The Labute approximate surface area is 207 Å². The quantitative estimate of drug-likeness (QED) is 0.298. The van der Waals surface area contributed by atoms with Crippen LogP contribution in [0, 0.1) is 0 Å². The number of rotatable bonds is 4. The molecule has 0 saturated carbocycles. The smallest absolute Gasteiger partial charge is 0.202 e. The monoisotopic (exact) mass is 484 g/mol. The van der Waals surface area contributed by atoms with Crippen molar-refractivity contribution in [2.24, 2.45) is 5.16 Å². The molecule has 1 saturated heterocycles. The fourth-order valence-electron chi connectivity index (χ4n) is 5.69. The molecule has 0 radical (unpaired) electrons. The number of benzene rings is 3. The summed E-state index contributed by atoms with van der Waals surface area (Å²) in [5.41, 5.74) is 1.80. The third-order valence-corrected chi connectivity index (χ3v) is 7.42. The number of phenols is 2. The zero-order valence-corrected chi connectivity index (χ0v) is 19.8. The summed E-state index contributed by atoms with van der Waals surface area (Å²) < 4.78 is 5.32. The van der Waals surface area contributed by atoms with Crippen LogP contribution >= 0.6 is 0 Å². The molecule has 6 rings (SSSR count). The lowest BCUT2D eigenvalue weighted by Crippen LogP contribution is -2.48. The Morgan fingerprint density at radius 1 is 1.00 bits per heavy atom. The Bertz CT molecular complexity index is 1480. The van der Waals surface area contributed by atoms with E-state index in [1.165, 1.54) is 13.2 Å². The van der Waals surface area contributed by atoms with Gasteiger partial charge in [0.05, 0.1) is 35.1 Å². The Kier molecular flexibility index (Phi) is 4.91. The van der Waals surface area contributed by atoms with Gasteiger partial charge in [0.15, 0.2) is 5.78 Å². The van der Waals surface area contributed by atoms with Crippen LogP contribution in [0.1, 0.15) is 67.9 Å². The van der Waals surface area contributed by atoms with Gasteiger partial charge in [0.1, 0.15) is 23.9 Å². The number of hydrogen-bond donors (Lipinski definition) is 3. The Hall–Kier alpha value is -4.17. The van der Waals surface area contributed by atoms with Gasteiger partial charge < -0.3 is 19.8 Å². The number of methoxy groups -OCH3 is 1. The molecular formula is C28H24N2O6. The third-order valence-electron chi connectivity index (χ3n) is 7.42. The van der Waals surface area contributed by atoms with Crippen molar-refractivity contribution in [3.05, 3.63) is 87.5 Å². The van der Waals surface area contributed by atoms with Gasteiger partial charge in [0, 0.05) is 29.2 Å². The maximum absolute atomic E-state index is 13.5. The molecule has 8 heteroatoms. The molecule has 3 aromatic carbocycles. The molecule has 1 aliphatic carbocycles. The molecule has 36 heavy (non-hydrogen) atoms. The van der Waals surface area contributed by atoms with Crippen LogP contribution in [0.5, 0.6) is 17.2 Å². The number of fused-ring (bicyclic) bond motifs is 6. The van der Waals surface area contributed by atoms with Crippen molar-refractivity contribution in [2.75, 3.05) is 7.11 Å². The fraction of sp³-hybridized carbons (Fsp3) is 0.250. The largest absolute Gasteiger partial charge is 0.507 e. The Morgan fingerprint density at radius 3 is 2.50 bits per heavy atom. The minimum atomic E-state index is -0.643. The second kappa shape index (κ2) is 7.93. The van der Waals surface area contributed by atoms with Crippen LogP contribution in [0.2, 0.25) is 0 Å². The molecule has 2 atom stereocenters. The molecule has 0 aromatic heterocycles. The average molecular weight is 485 g/mol. The van der Waals surface area contributed by atoms with Crippen molar-refractivity contribution in [3.8, 4) is 17.2 Å². The summed E-state index contributed by atoms with van der Waals surface area (Å²) in [5.74, 6) is -1.40. The summed E-state index contributed by atoms with van der Waals surface area (Å²) in [6, 6.07) is 14.0. The maximum Gasteiger partial charge on any atom is 0.202 e. The zero-order valence-electron chi connectivity index (χ0n) is 19.8. The molecular weight excluding hydrogens is 460 g/mol. The number of carbonyl (C=O) groups is 2. The van der Waals surface area contributed by atoms with Crippen molar-refractivity contribution >= 4 is 17.3 Å². The van der Waals surface area contributed by atoms with Gasteiger partial charge in [-0.1, -0.05) is 47.6 Å². The first kappa shape index (κ1) is 22.3. The molecule has 2 heterocycles. The number of carbonyl (C=O) groups excluding carboxylic acids is 2. The molecule has 8 nitrogen and oxygen atoms in total. The Balaban J connectivity index is 1.42. The van der Waals surface area contributed by atoms with Crippen molar-refractivity contribution < 1.29 is 29.4 Å².